The number of nitrogens with one attached hydrogen (secondary N) is 1. The van der Waals surface area contributed by atoms with E-state index >= 15 is 0 Å². The molecule has 3 rings (SSSR count). The van der Waals surface area contributed by atoms with Gasteiger partial charge in [-0.1, -0.05) is 12.1 Å². The molecule has 1 aliphatic heterocycles. The first kappa shape index (κ1) is 20.0. The maximum atomic E-state index is 6.15. The average molecular weight is 390 g/mol. The topological polar surface area (TPSA) is 110 Å². The van der Waals surface area contributed by atoms with Gasteiger partial charge < -0.3 is 34.7 Å². The Hall–Kier alpha value is -2.78. The van der Waals surface area contributed by atoms with E-state index in [0.29, 0.717) is 37.2 Å². The van der Waals surface area contributed by atoms with E-state index < -0.39 is 0 Å². The van der Waals surface area contributed by atoms with Crippen molar-refractivity contribution < 1.29 is 23.7 Å². The third-order valence-electron chi connectivity index (χ3n) is 4.16. The van der Waals surface area contributed by atoms with Crippen molar-refractivity contribution in [2.45, 2.75) is 18.9 Å². The van der Waals surface area contributed by atoms with E-state index in [2.05, 4.69) is 15.3 Å². The molecule has 1 aromatic heterocycles. The molecule has 3 N–H and O–H groups in total. The van der Waals surface area contributed by atoms with Crippen molar-refractivity contribution in [3.05, 3.63) is 24.3 Å². The zero-order valence-corrected chi connectivity index (χ0v) is 16.1. The number of aromatic nitrogens is 2. The van der Waals surface area contributed by atoms with Crippen molar-refractivity contribution in [1.29, 1.82) is 0 Å². The van der Waals surface area contributed by atoms with E-state index in [-0.39, 0.29) is 23.6 Å². The van der Waals surface area contributed by atoms with Crippen LogP contribution in [0.1, 0.15) is 12.8 Å². The monoisotopic (exact) mass is 390 g/mol. The van der Waals surface area contributed by atoms with Gasteiger partial charge in [0.25, 0.3) is 5.88 Å². The van der Waals surface area contributed by atoms with Gasteiger partial charge in [0, 0.05) is 20.3 Å². The van der Waals surface area contributed by atoms with Gasteiger partial charge in [0.2, 0.25) is 11.7 Å². The summed E-state index contributed by atoms with van der Waals surface area (Å²) in [6.45, 7) is 2.15. The molecule has 1 aliphatic rings. The zero-order valence-electron chi connectivity index (χ0n) is 16.1. The third kappa shape index (κ3) is 5.14. The van der Waals surface area contributed by atoms with Crippen molar-refractivity contribution in [3.8, 4) is 23.1 Å². The molecule has 0 bridgehead atoms. The van der Waals surface area contributed by atoms with Crippen molar-refractivity contribution in [1.82, 2.24) is 9.97 Å². The van der Waals surface area contributed by atoms with Crippen molar-refractivity contribution in [3.63, 3.8) is 0 Å². The van der Waals surface area contributed by atoms with Gasteiger partial charge in [0.05, 0.1) is 19.8 Å². The average Bonchev–Trinajstić information content (AvgIpc) is 3.23. The number of nitrogen functional groups attached to an aromatic ring is 1. The van der Waals surface area contributed by atoms with Crippen LogP contribution in [0.4, 0.5) is 11.8 Å². The number of ether oxygens (including phenoxy) is 5. The highest BCUT2D eigenvalue weighted by atomic mass is 16.6. The first-order valence-electron chi connectivity index (χ1n) is 9.17. The Bertz CT molecular complexity index is 768. The van der Waals surface area contributed by atoms with Crippen LogP contribution in [0.2, 0.25) is 0 Å². The van der Waals surface area contributed by atoms with Crippen molar-refractivity contribution in [2.75, 3.05) is 51.6 Å². The fourth-order valence-electron chi connectivity index (χ4n) is 2.74. The summed E-state index contributed by atoms with van der Waals surface area (Å²) in [6.07, 6.45) is 2.00. The molecule has 9 heteroatoms. The Kier molecular flexibility index (Phi) is 7.10. The summed E-state index contributed by atoms with van der Waals surface area (Å²) >= 11 is 0. The molecule has 0 spiro atoms. The van der Waals surface area contributed by atoms with E-state index in [1.165, 1.54) is 0 Å². The number of hydrogen-bond donors (Lipinski definition) is 2. The Balaban J connectivity index is 1.84. The highest BCUT2D eigenvalue weighted by Gasteiger charge is 2.21. The van der Waals surface area contributed by atoms with Crippen LogP contribution < -0.4 is 25.3 Å². The van der Waals surface area contributed by atoms with Gasteiger partial charge >= 0.3 is 0 Å². The minimum absolute atomic E-state index is 0.0280. The van der Waals surface area contributed by atoms with Crippen LogP contribution in [0.15, 0.2) is 24.3 Å². The lowest BCUT2D eigenvalue weighted by molar-refractivity contribution is 0.0654. The van der Waals surface area contributed by atoms with Gasteiger partial charge in [-0.05, 0) is 25.0 Å². The SMILES string of the molecule is COCCNc1nc(N)c(Oc2ccccc2OC)c(OCC2CCCO2)n1. The quantitative estimate of drug-likeness (QED) is 0.591. The number of benzene rings is 1. The van der Waals surface area contributed by atoms with E-state index in [0.717, 1.165) is 19.4 Å². The van der Waals surface area contributed by atoms with Crippen molar-refractivity contribution in [2.24, 2.45) is 0 Å². The Morgan fingerprint density at radius 2 is 2.04 bits per heavy atom. The molecule has 0 radical (unpaired) electrons. The number of methoxy groups -OCH3 is 2. The molecule has 1 aromatic carbocycles. The van der Waals surface area contributed by atoms with Gasteiger partial charge in [-0.2, -0.15) is 9.97 Å². The fraction of sp³-hybridized carbons (Fsp3) is 0.474. The van der Waals surface area contributed by atoms with Gasteiger partial charge in [-0.15, -0.1) is 0 Å². The van der Waals surface area contributed by atoms with Gasteiger partial charge in [0.1, 0.15) is 6.61 Å². The summed E-state index contributed by atoms with van der Waals surface area (Å²) in [5.74, 6) is 2.03. The number of nitrogens with zero attached hydrogens (tertiary/aromatic N) is 2. The minimum Gasteiger partial charge on any atom is -0.493 e. The summed E-state index contributed by atoms with van der Waals surface area (Å²) < 4.78 is 27.8. The van der Waals surface area contributed by atoms with E-state index in [9.17, 15) is 0 Å². The molecule has 1 fully saturated rings. The lowest BCUT2D eigenvalue weighted by Crippen LogP contribution is -2.18. The van der Waals surface area contributed by atoms with Gasteiger partial charge in [-0.25, -0.2) is 0 Å². The highest BCUT2D eigenvalue weighted by molar-refractivity contribution is 5.58. The van der Waals surface area contributed by atoms with Crippen LogP contribution in [0.5, 0.6) is 23.1 Å². The third-order valence-corrected chi connectivity index (χ3v) is 4.16. The molecule has 1 unspecified atom stereocenters. The van der Waals surface area contributed by atoms with E-state index in [1.807, 2.05) is 12.1 Å². The first-order chi connectivity index (χ1) is 13.7. The number of nitrogens with two attached hydrogens (primary N) is 1. The first-order valence-corrected chi connectivity index (χ1v) is 9.17. The molecule has 0 saturated carbocycles. The van der Waals surface area contributed by atoms with Crippen LogP contribution >= 0.6 is 0 Å². The van der Waals surface area contributed by atoms with Crippen molar-refractivity contribution >= 4 is 11.8 Å². The predicted octanol–water partition coefficient (Wildman–Crippen LogP) is 2.48. The summed E-state index contributed by atoms with van der Waals surface area (Å²) in [7, 11) is 3.19. The van der Waals surface area contributed by atoms with Crippen LogP contribution in [0, 0.1) is 0 Å². The van der Waals surface area contributed by atoms with E-state index in [1.54, 1.807) is 26.4 Å². The highest BCUT2D eigenvalue weighted by Crippen LogP contribution is 2.39. The number of rotatable bonds is 10. The summed E-state index contributed by atoms with van der Waals surface area (Å²) in [4.78, 5) is 8.68. The Morgan fingerprint density at radius 3 is 2.75 bits per heavy atom. The number of para-hydroxylation sites is 2. The molecular formula is C19H26N4O5. The summed E-state index contributed by atoms with van der Waals surface area (Å²) in [5.41, 5.74) is 6.15. The molecule has 2 heterocycles. The molecule has 0 amide bonds. The van der Waals surface area contributed by atoms with Crippen LogP contribution in [0.3, 0.4) is 0 Å². The molecule has 2 aromatic rings. The Labute approximate surface area is 164 Å². The van der Waals surface area contributed by atoms with Gasteiger partial charge in [0.15, 0.2) is 17.3 Å². The number of hydrogen-bond acceptors (Lipinski definition) is 9. The molecule has 9 nitrogen and oxygen atoms in total. The fourth-order valence-corrected chi connectivity index (χ4v) is 2.74. The largest absolute Gasteiger partial charge is 0.493 e. The van der Waals surface area contributed by atoms with Gasteiger partial charge in [-0.3, -0.25) is 0 Å². The summed E-state index contributed by atoms with van der Waals surface area (Å²) in [5, 5.41) is 3.05. The Morgan fingerprint density at radius 1 is 1.21 bits per heavy atom. The zero-order chi connectivity index (χ0) is 19.8. The molecule has 0 aliphatic carbocycles. The predicted molar refractivity (Wildman–Crippen MR) is 104 cm³/mol. The standard InChI is InChI=1S/C19H26N4O5/c1-24-11-9-21-19-22-17(20)16(28-15-8-4-3-7-14(15)25-2)18(23-19)27-12-13-6-5-10-26-13/h3-4,7-8,13H,5-6,9-12H2,1-2H3,(H3,20,21,22,23). The van der Waals surface area contributed by atoms with Crippen LogP contribution in [-0.2, 0) is 9.47 Å². The molecule has 152 valence electrons. The smallest absolute Gasteiger partial charge is 0.265 e. The minimum atomic E-state index is 0.0280. The van der Waals surface area contributed by atoms with Crippen LogP contribution in [0.25, 0.3) is 0 Å². The van der Waals surface area contributed by atoms with Crippen LogP contribution in [-0.4, -0.2) is 56.7 Å². The second-order valence-corrected chi connectivity index (χ2v) is 6.19. The maximum absolute atomic E-state index is 6.15. The lowest BCUT2D eigenvalue weighted by atomic mass is 10.2. The normalized spacial score (nSPS) is 16.0. The second kappa shape index (κ2) is 9.95. The molecule has 28 heavy (non-hydrogen) atoms. The van der Waals surface area contributed by atoms with E-state index in [4.69, 9.17) is 29.4 Å². The molecule has 1 saturated heterocycles. The second-order valence-electron chi connectivity index (χ2n) is 6.19. The lowest BCUT2D eigenvalue weighted by Gasteiger charge is -2.17. The molecular weight excluding hydrogens is 364 g/mol. The molecule has 1 atom stereocenters. The maximum Gasteiger partial charge on any atom is 0.265 e. The summed E-state index contributed by atoms with van der Waals surface area (Å²) in [6, 6.07) is 7.25. The number of anilines is 2.